The first-order chi connectivity index (χ1) is 6.88. The highest BCUT2D eigenvalue weighted by Gasteiger charge is 2.21. The second-order valence-corrected chi connectivity index (χ2v) is 3.71. The maximum absolute atomic E-state index is 8.76. The average molecular weight is 187 g/mol. The van der Waals surface area contributed by atoms with Crippen LogP contribution in [0, 0.1) is 17.2 Å². The molecule has 1 unspecified atom stereocenters. The summed E-state index contributed by atoms with van der Waals surface area (Å²) in [5, 5.41) is 8.76. The summed E-state index contributed by atoms with van der Waals surface area (Å²) >= 11 is 0. The predicted molar refractivity (Wildman–Crippen MR) is 53.2 cm³/mol. The molecule has 1 atom stereocenters. The van der Waals surface area contributed by atoms with E-state index in [4.69, 9.17) is 5.26 Å². The first-order valence-electron chi connectivity index (χ1n) is 4.89. The Balaban J connectivity index is 1.91. The summed E-state index contributed by atoms with van der Waals surface area (Å²) in [4.78, 5) is 6.30. The van der Waals surface area contributed by atoms with Gasteiger partial charge in [-0.15, -0.1) is 0 Å². The van der Waals surface area contributed by atoms with E-state index in [9.17, 15) is 0 Å². The molecule has 72 valence electrons. The number of rotatable bonds is 2. The van der Waals surface area contributed by atoms with Crippen molar-refractivity contribution in [1.82, 2.24) is 9.88 Å². The van der Waals surface area contributed by atoms with Crippen molar-refractivity contribution in [1.29, 1.82) is 5.26 Å². The minimum absolute atomic E-state index is 0.233. The topological polar surface area (TPSA) is 39.9 Å². The van der Waals surface area contributed by atoms with Crippen molar-refractivity contribution < 1.29 is 0 Å². The van der Waals surface area contributed by atoms with E-state index in [-0.39, 0.29) is 5.92 Å². The summed E-state index contributed by atoms with van der Waals surface area (Å²) in [5.74, 6) is 0.233. The Hall–Kier alpha value is -1.40. The highest BCUT2D eigenvalue weighted by molar-refractivity contribution is 5.10. The number of hydrogen-bond acceptors (Lipinski definition) is 3. The van der Waals surface area contributed by atoms with E-state index in [2.05, 4.69) is 16.0 Å². The summed E-state index contributed by atoms with van der Waals surface area (Å²) in [5.41, 5.74) is 1.28. The maximum atomic E-state index is 8.76. The van der Waals surface area contributed by atoms with Crippen LogP contribution in [0.15, 0.2) is 24.5 Å². The SMILES string of the molecule is N#CC1CCN(Cc2ccncc2)C1. The standard InChI is InChI=1S/C11H13N3/c12-7-11-3-6-14(9-11)8-10-1-4-13-5-2-10/h1-2,4-5,11H,3,6,8-9H2. The Morgan fingerprint density at radius 2 is 2.29 bits per heavy atom. The average Bonchev–Trinajstić information content (AvgIpc) is 2.67. The zero-order valence-electron chi connectivity index (χ0n) is 8.06. The summed E-state index contributed by atoms with van der Waals surface area (Å²) in [6.07, 6.45) is 4.64. The highest BCUT2D eigenvalue weighted by Crippen LogP contribution is 2.17. The van der Waals surface area contributed by atoms with Gasteiger partial charge in [0, 0.05) is 25.5 Å². The van der Waals surface area contributed by atoms with Crippen molar-refractivity contribution >= 4 is 0 Å². The first-order valence-corrected chi connectivity index (χ1v) is 4.89. The minimum atomic E-state index is 0.233. The van der Waals surface area contributed by atoms with Gasteiger partial charge in [0.05, 0.1) is 12.0 Å². The number of pyridine rings is 1. The highest BCUT2D eigenvalue weighted by atomic mass is 15.1. The fourth-order valence-corrected chi connectivity index (χ4v) is 1.83. The van der Waals surface area contributed by atoms with E-state index >= 15 is 0 Å². The summed E-state index contributed by atoms with van der Waals surface area (Å²) in [6.45, 7) is 2.90. The molecule has 1 aromatic heterocycles. The normalized spacial score (nSPS) is 22.1. The smallest absolute Gasteiger partial charge is 0.0669 e. The van der Waals surface area contributed by atoms with Crippen LogP contribution in [0.3, 0.4) is 0 Å². The van der Waals surface area contributed by atoms with Crippen LogP contribution in [-0.4, -0.2) is 23.0 Å². The molecule has 3 nitrogen and oxygen atoms in total. The van der Waals surface area contributed by atoms with Gasteiger partial charge in [-0.1, -0.05) is 0 Å². The molecule has 1 aromatic rings. The fourth-order valence-electron chi connectivity index (χ4n) is 1.83. The second kappa shape index (κ2) is 4.21. The van der Waals surface area contributed by atoms with E-state index in [0.29, 0.717) is 0 Å². The molecule has 0 aromatic carbocycles. The van der Waals surface area contributed by atoms with Crippen molar-refractivity contribution in [3.05, 3.63) is 30.1 Å². The van der Waals surface area contributed by atoms with Crippen molar-refractivity contribution in [3.63, 3.8) is 0 Å². The van der Waals surface area contributed by atoms with Gasteiger partial charge < -0.3 is 0 Å². The maximum Gasteiger partial charge on any atom is 0.0669 e. The van der Waals surface area contributed by atoms with Crippen LogP contribution in [0.25, 0.3) is 0 Å². The second-order valence-electron chi connectivity index (χ2n) is 3.71. The molecular weight excluding hydrogens is 174 g/mol. The molecule has 2 rings (SSSR count). The molecule has 0 bridgehead atoms. The molecule has 3 heteroatoms. The third kappa shape index (κ3) is 2.09. The molecule has 0 N–H and O–H groups in total. The molecule has 1 aliphatic rings. The Bertz CT molecular complexity index is 328. The fraction of sp³-hybridized carbons (Fsp3) is 0.455. The number of hydrogen-bond donors (Lipinski definition) is 0. The number of likely N-dealkylation sites (tertiary alicyclic amines) is 1. The number of nitriles is 1. The molecule has 0 radical (unpaired) electrons. The van der Waals surface area contributed by atoms with Crippen LogP contribution in [0.4, 0.5) is 0 Å². The molecule has 0 aliphatic carbocycles. The Morgan fingerprint density at radius 3 is 2.93 bits per heavy atom. The quantitative estimate of drug-likeness (QED) is 0.703. The Morgan fingerprint density at radius 1 is 1.50 bits per heavy atom. The Labute approximate surface area is 84.0 Å². The molecule has 1 fully saturated rings. The molecular formula is C11H13N3. The van der Waals surface area contributed by atoms with Gasteiger partial charge >= 0.3 is 0 Å². The lowest BCUT2D eigenvalue weighted by atomic mass is 10.1. The molecule has 14 heavy (non-hydrogen) atoms. The van der Waals surface area contributed by atoms with Crippen LogP contribution >= 0.6 is 0 Å². The van der Waals surface area contributed by atoms with Crippen molar-refractivity contribution in [2.75, 3.05) is 13.1 Å². The third-order valence-electron chi connectivity index (χ3n) is 2.61. The minimum Gasteiger partial charge on any atom is -0.298 e. The lowest BCUT2D eigenvalue weighted by Crippen LogP contribution is -2.19. The zero-order chi connectivity index (χ0) is 9.80. The molecule has 2 heterocycles. The molecule has 0 saturated carbocycles. The van der Waals surface area contributed by atoms with Crippen molar-refractivity contribution in [2.24, 2.45) is 5.92 Å². The monoisotopic (exact) mass is 187 g/mol. The van der Waals surface area contributed by atoms with Gasteiger partial charge in [0.15, 0.2) is 0 Å². The van der Waals surface area contributed by atoms with E-state index in [1.165, 1.54) is 5.56 Å². The van der Waals surface area contributed by atoms with E-state index < -0.39 is 0 Å². The third-order valence-corrected chi connectivity index (χ3v) is 2.61. The largest absolute Gasteiger partial charge is 0.298 e. The molecule has 1 saturated heterocycles. The predicted octanol–water partition coefficient (Wildman–Crippen LogP) is 1.43. The zero-order valence-corrected chi connectivity index (χ0v) is 8.06. The lowest BCUT2D eigenvalue weighted by Gasteiger charge is -2.14. The van der Waals surface area contributed by atoms with Crippen molar-refractivity contribution in [2.45, 2.75) is 13.0 Å². The van der Waals surface area contributed by atoms with Crippen LogP contribution in [0.1, 0.15) is 12.0 Å². The van der Waals surface area contributed by atoms with Crippen molar-refractivity contribution in [3.8, 4) is 6.07 Å². The Kier molecular flexibility index (Phi) is 2.76. The van der Waals surface area contributed by atoms with Crippen LogP contribution in [-0.2, 0) is 6.54 Å². The number of aromatic nitrogens is 1. The van der Waals surface area contributed by atoms with Crippen LogP contribution < -0.4 is 0 Å². The molecule has 1 aliphatic heterocycles. The summed E-state index contributed by atoms with van der Waals surface area (Å²) in [6, 6.07) is 6.38. The van der Waals surface area contributed by atoms with Gasteiger partial charge in [-0.05, 0) is 30.7 Å². The van der Waals surface area contributed by atoms with E-state index in [1.807, 2.05) is 24.5 Å². The van der Waals surface area contributed by atoms with Crippen LogP contribution in [0.2, 0.25) is 0 Å². The van der Waals surface area contributed by atoms with Gasteiger partial charge in [0.1, 0.15) is 0 Å². The van der Waals surface area contributed by atoms with E-state index in [0.717, 1.165) is 26.1 Å². The van der Waals surface area contributed by atoms with Gasteiger partial charge in [0.2, 0.25) is 0 Å². The summed E-state index contributed by atoms with van der Waals surface area (Å²) in [7, 11) is 0. The van der Waals surface area contributed by atoms with E-state index in [1.54, 1.807) is 0 Å². The van der Waals surface area contributed by atoms with Gasteiger partial charge in [-0.2, -0.15) is 5.26 Å². The lowest BCUT2D eigenvalue weighted by molar-refractivity contribution is 0.325. The molecule has 0 spiro atoms. The van der Waals surface area contributed by atoms with Gasteiger partial charge in [-0.3, -0.25) is 9.88 Å². The van der Waals surface area contributed by atoms with Crippen LogP contribution in [0.5, 0.6) is 0 Å². The molecule has 0 amide bonds. The van der Waals surface area contributed by atoms with Gasteiger partial charge in [0.25, 0.3) is 0 Å². The first kappa shape index (κ1) is 9.17. The van der Waals surface area contributed by atoms with Gasteiger partial charge in [-0.25, -0.2) is 0 Å². The summed E-state index contributed by atoms with van der Waals surface area (Å²) < 4.78 is 0. The number of nitrogens with zero attached hydrogens (tertiary/aromatic N) is 3.